The molecule has 0 heterocycles. The molecule has 0 heteroatoms. The van der Waals surface area contributed by atoms with Gasteiger partial charge in [-0.25, -0.2) is 0 Å². The van der Waals surface area contributed by atoms with Crippen LogP contribution >= 0.6 is 0 Å². The Labute approximate surface area is 101 Å². The smallest absolute Gasteiger partial charge is 0.00115 e. The molecule has 0 N–H and O–H groups in total. The Kier molecular flexibility index (Phi) is 2.60. The van der Waals surface area contributed by atoms with Crippen molar-refractivity contribution in [3.63, 3.8) is 0 Å². The number of hydrogen-bond donors (Lipinski definition) is 0. The molecule has 0 aliphatic heterocycles. The average molecular weight is 218 g/mol. The topological polar surface area (TPSA) is 0 Å². The first kappa shape index (κ1) is 12.0. The summed E-state index contributed by atoms with van der Waals surface area (Å²) in [6, 6.07) is 0. The van der Waals surface area contributed by atoms with Gasteiger partial charge in [-0.05, 0) is 42.1 Å². The SMILES string of the molecule is CC(C)(C)CC1(C2=CCCC=C2)CC1(C)C. The molecule has 1 atom stereocenters. The summed E-state index contributed by atoms with van der Waals surface area (Å²) < 4.78 is 0. The van der Waals surface area contributed by atoms with Gasteiger partial charge in [0.1, 0.15) is 0 Å². The zero-order chi connectivity index (χ0) is 12.0. The summed E-state index contributed by atoms with van der Waals surface area (Å²) in [6.45, 7) is 12.0. The summed E-state index contributed by atoms with van der Waals surface area (Å²) in [7, 11) is 0. The third-order valence-electron chi connectivity index (χ3n) is 4.29. The predicted molar refractivity (Wildman–Crippen MR) is 71.4 cm³/mol. The second-order valence-electron chi connectivity index (χ2n) is 7.52. The second kappa shape index (κ2) is 3.48. The molecule has 0 saturated heterocycles. The summed E-state index contributed by atoms with van der Waals surface area (Å²) in [5, 5.41) is 0. The normalized spacial score (nSPS) is 32.4. The summed E-state index contributed by atoms with van der Waals surface area (Å²) in [4.78, 5) is 0. The van der Waals surface area contributed by atoms with E-state index in [1.54, 1.807) is 5.57 Å². The number of rotatable bonds is 2. The lowest BCUT2D eigenvalue weighted by molar-refractivity contribution is 0.269. The minimum Gasteiger partial charge on any atom is -0.0839 e. The van der Waals surface area contributed by atoms with E-state index in [-0.39, 0.29) is 0 Å². The van der Waals surface area contributed by atoms with Gasteiger partial charge in [-0.15, -0.1) is 0 Å². The highest BCUT2D eigenvalue weighted by Crippen LogP contribution is 2.71. The van der Waals surface area contributed by atoms with Gasteiger partial charge in [0, 0.05) is 5.41 Å². The van der Waals surface area contributed by atoms with Crippen LogP contribution in [0.5, 0.6) is 0 Å². The van der Waals surface area contributed by atoms with E-state index < -0.39 is 0 Å². The molecule has 0 nitrogen and oxygen atoms in total. The van der Waals surface area contributed by atoms with Crippen molar-refractivity contribution in [2.24, 2.45) is 16.2 Å². The lowest BCUT2D eigenvalue weighted by Crippen LogP contribution is -2.20. The van der Waals surface area contributed by atoms with Gasteiger partial charge in [-0.1, -0.05) is 52.8 Å². The van der Waals surface area contributed by atoms with Gasteiger partial charge < -0.3 is 0 Å². The van der Waals surface area contributed by atoms with Crippen LogP contribution in [0.15, 0.2) is 23.8 Å². The van der Waals surface area contributed by atoms with Crippen LogP contribution in [-0.2, 0) is 0 Å². The van der Waals surface area contributed by atoms with E-state index in [1.165, 1.54) is 25.7 Å². The Hall–Kier alpha value is -0.520. The Morgan fingerprint density at radius 1 is 1.19 bits per heavy atom. The van der Waals surface area contributed by atoms with Crippen LogP contribution < -0.4 is 0 Å². The first-order chi connectivity index (χ1) is 7.27. The first-order valence-electron chi connectivity index (χ1n) is 6.64. The van der Waals surface area contributed by atoms with E-state index in [1.807, 2.05) is 0 Å². The van der Waals surface area contributed by atoms with Crippen molar-refractivity contribution in [3.8, 4) is 0 Å². The molecule has 16 heavy (non-hydrogen) atoms. The maximum atomic E-state index is 2.49. The van der Waals surface area contributed by atoms with Crippen LogP contribution in [0.4, 0.5) is 0 Å². The Bertz CT molecular complexity index is 336. The van der Waals surface area contributed by atoms with E-state index in [2.05, 4.69) is 52.8 Å². The van der Waals surface area contributed by atoms with E-state index in [0.717, 1.165) is 0 Å². The molecule has 0 radical (unpaired) electrons. The number of hydrogen-bond acceptors (Lipinski definition) is 0. The van der Waals surface area contributed by atoms with Crippen LogP contribution in [-0.4, -0.2) is 0 Å². The minimum absolute atomic E-state index is 0.430. The van der Waals surface area contributed by atoms with Crippen molar-refractivity contribution in [3.05, 3.63) is 23.8 Å². The predicted octanol–water partition coefficient (Wildman–Crippen LogP) is 5.12. The molecule has 0 aromatic heterocycles. The zero-order valence-electron chi connectivity index (χ0n) is 11.6. The van der Waals surface area contributed by atoms with Gasteiger partial charge in [-0.2, -0.15) is 0 Å². The van der Waals surface area contributed by atoms with E-state index in [4.69, 9.17) is 0 Å². The van der Waals surface area contributed by atoms with Crippen LogP contribution in [0, 0.1) is 16.2 Å². The Morgan fingerprint density at radius 2 is 1.81 bits per heavy atom. The highest BCUT2D eigenvalue weighted by atomic mass is 14.7. The van der Waals surface area contributed by atoms with Crippen molar-refractivity contribution in [1.29, 1.82) is 0 Å². The second-order valence-corrected chi connectivity index (χ2v) is 7.52. The summed E-state index contributed by atoms with van der Waals surface area (Å²) in [5.74, 6) is 0. The summed E-state index contributed by atoms with van der Waals surface area (Å²) >= 11 is 0. The molecule has 0 amide bonds. The highest BCUT2D eigenvalue weighted by Gasteiger charge is 2.62. The maximum absolute atomic E-state index is 2.49. The fourth-order valence-electron chi connectivity index (χ4n) is 3.48. The van der Waals surface area contributed by atoms with Gasteiger partial charge in [0.05, 0.1) is 0 Å². The molecule has 2 aliphatic rings. The fourth-order valence-corrected chi connectivity index (χ4v) is 3.48. The summed E-state index contributed by atoms with van der Waals surface area (Å²) in [6.07, 6.45) is 12.4. The maximum Gasteiger partial charge on any atom is 0.00115 e. The summed E-state index contributed by atoms with van der Waals surface area (Å²) in [5.41, 5.74) is 3.04. The van der Waals surface area contributed by atoms with Gasteiger partial charge in [0.15, 0.2) is 0 Å². The van der Waals surface area contributed by atoms with Gasteiger partial charge >= 0.3 is 0 Å². The Balaban J connectivity index is 2.25. The minimum atomic E-state index is 0.430. The van der Waals surface area contributed by atoms with E-state index in [0.29, 0.717) is 16.2 Å². The van der Waals surface area contributed by atoms with Crippen LogP contribution in [0.2, 0.25) is 0 Å². The molecule has 90 valence electrons. The van der Waals surface area contributed by atoms with Crippen molar-refractivity contribution in [2.45, 2.75) is 60.3 Å². The van der Waals surface area contributed by atoms with Crippen molar-refractivity contribution >= 4 is 0 Å². The zero-order valence-corrected chi connectivity index (χ0v) is 11.6. The molecule has 1 fully saturated rings. The quantitative estimate of drug-likeness (QED) is 0.604. The molecule has 1 saturated carbocycles. The molecule has 0 aromatic rings. The van der Waals surface area contributed by atoms with Crippen LogP contribution in [0.25, 0.3) is 0 Å². The molecule has 1 unspecified atom stereocenters. The average Bonchev–Trinajstić information content (AvgIpc) is 2.68. The van der Waals surface area contributed by atoms with Gasteiger partial charge in [0.25, 0.3) is 0 Å². The number of allylic oxidation sites excluding steroid dienone is 4. The van der Waals surface area contributed by atoms with E-state index in [9.17, 15) is 0 Å². The largest absolute Gasteiger partial charge is 0.0839 e. The van der Waals surface area contributed by atoms with Gasteiger partial charge in [-0.3, -0.25) is 0 Å². The van der Waals surface area contributed by atoms with E-state index >= 15 is 0 Å². The molecule has 0 bridgehead atoms. The van der Waals surface area contributed by atoms with Crippen molar-refractivity contribution in [2.75, 3.05) is 0 Å². The molecule has 0 spiro atoms. The fraction of sp³-hybridized carbons (Fsp3) is 0.750. The van der Waals surface area contributed by atoms with Crippen LogP contribution in [0.1, 0.15) is 60.3 Å². The van der Waals surface area contributed by atoms with Crippen molar-refractivity contribution < 1.29 is 0 Å². The lowest BCUT2D eigenvalue weighted by Gasteiger charge is -2.31. The Morgan fingerprint density at radius 3 is 2.19 bits per heavy atom. The first-order valence-corrected chi connectivity index (χ1v) is 6.64. The lowest BCUT2D eigenvalue weighted by atomic mass is 9.74. The molecule has 2 aliphatic carbocycles. The van der Waals surface area contributed by atoms with Crippen molar-refractivity contribution in [1.82, 2.24) is 0 Å². The molecular formula is C16H26. The van der Waals surface area contributed by atoms with Gasteiger partial charge in [0.2, 0.25) is 0 Å². The molecule has 2 rings (SSSR count). The molecular weight excluding hydrogens is 192 g/mol. The molecule has 0 aromatic carbocycles. The third-order valence-corrected chi connectivity index (χ3v) is 4.29. The monoisotopic (exact) mass is 218 g/mol. The van der Waals surface area contributed by atoms with Crippen LogP contribution in [0.3, 0.4) is 0 Å². The standard InChI is InChI=1S/C16H26/c1-14(2,3)11-16(12-15(16,4)5)13-9-7-6-8-10-13/h7,9-10H,6,8,11-12H2,1-5H3. The third kappa shape index (κ3) is 1.99. The highest BCUT2D eigenvalue weighted by molar-refractivity contribution is 5.39.